The highest BCUT2D eigenvalue weighted by molar-refractivity contribution is 6.73. The van der Waals surface area contributed by atoms with Crippen molar-refractivity contribution in [1.82, 2.24) is 0 Å². The molecule has 2 aliphatic heterocycles. The van der Waals surface area contributed by atoms with Gasteiger partial charge in [-0.15, -0.1) is 0 Å². The van der Waals surface area contributed by atoms with E-state index in [1.165, 1.54) is 60.8 Å². The average Bonchev–Trinajstić information content (AvgIpc) is 3.18. The highest BCUT2D eigenvalue weighted by Gasteiger charge is 2.35. The fourth-order valence-corrected chi connectivity index (χ4v) is 7.71. The zero-order valence-corrected chi connectivity index (χ0v) is 27.3. The summed E-state index contributed by atoms with van der Waals surface area (Å²) in [6.45, 7) is 0. The van der Waals surface area contributed by atoms with E-state index in [0.29, 0.717) is 0 Å². The van der Waals surface area contributed by atoms with Crippen LogP contribution in [0.4, 0.5) is 28.4 Å². The fourth-order valence-electron chi connectivity index (χ4n) is 7.71. The van der Waals surface area contributed by atoms with Crippen molar-refractivity contribution >= 4 is 57.4 Å². The van der Waals surface area contributed by atoms with E-state index >= 15 is 0 Å². The first-order chi connectivity index (χ1) is 24.8. The molecule has 0 atom stereocenters. The predicted octanol–water partition coefficient (Wildman–Crippen LogP) is 10.9. The molecule has 8 aromatic rings. The van der Waals surface area contributed by atoms with Crippen LogP contribution in [0.15, 0.2) is 176 Å². The summed E-state index contributed by atoms with van der Waals surface area (Å²) in [6, 6.07) is 62.8. The quantitative estimate of drug-likeness (QED) is 0.190. The number of fused-ring (bicyclic) bond motifs is 5. The molecule has 0 aromatic heterocycles. The molecule has 10 rings (SSSR count). The Balaban J connectivity index is 1.21. The van der Waals surface area contributed by atoms with E-state index in [2.05, 4.69) is 180 Å². The number of nitrogens with one attached hydrogen (secondary N) is 1. The number of anilines is 5. The Morgan fingerprint density at radius 1 is 0.500 bits per heavy atom. The van der Waals surface area contributed by atoms with Crippen LogP contribution in [0.25, 0.3) is 44.2 Å². The van der Waals surface area contributed by atoms with Gasteiger partial charge in [0.15, 0.2) is 18.8 Å². The van der Waals surface area contributed by atoms with E-state index in [-0.39, 0.29) is 0 Å². The Bertz CT molecular complexity index is 2560. The van der Waals surface area contributed by atoms with Crippen molar-refractivity contribution in [2.45, 2.75) is 0 Å². The standard InChI is InChI=1S/C46H31BN2O/c1-3-12-30(13-4-1)32-22-25-35(26-23-32)48-39-27-24-33-16-7-8-17-36(33)44(39)37-28-34(31-14-5-2-6-15-31)29-41-45(37)47-38-18-11-21-43-46(38)49(41)40-19-9-10-20-42(40)50-43/h1-29,47-48H. The lowest BCUT2D eigenvalue weighted by Gasteiger charge is -2.39. The third-order valence-electron chi connectivity index (χ3n) is 10.0. The second-order valence-electron chi connectivity index (χ2n) is 13.0. The molecule has 0 spiro atoms. The first-order valence-electron chi connectivity index (χ1n) is 17.1. The van der Waals surface area contributed by atoms with Gasteiger partial charge in [0.25, 0.3) is 0 Å². The molecule has 0 aliphatic carbocycles. The van der Waals surface area contributed by atoms with E-state index in [1.807, 2.05) is 6.07 Å². The highest BCUT2D eigenvalue weighted by Crippen LogP contribution is 2.52. The van der Waals surface area contributed by atoms with Crippen molar-refractivity contribution in [1.29, 1.82) is 0 Å². The van der Waals surface area contributed by atoms with Gasteiger partial charge in [0.05, 0.1) is 11.4 Å². The summed E-state index contributed by atoms with van der Waals surface area (Å²) >= 11 is 0. The lowest BCUT2D eigenvalue weighted by molar-refractivity contribution is 0.477. The first kappa shape index (κ1) is 28.5. The normalized spacial score (nSPS) is 12.3. The SMILES string of the molecule is B1c2cccc3c2N(c2ccccc2O3)c2cc(-c3ccccc3)cc(-c3c(Nc4ccc(-c5ccccc5)cc4)ccc4ccccc34)c21. The molecule has 0 fully saturated rings. The Hall–Kier alpha value is -6.52. The highest BCUT2D eigenvalue weighted by atomic mass is 16.5. The van der Waals surface area contributed by atoms with Gasteiger partial charge < -0.3 is 15.0 Å². The van der Waals surface area contributed by atoms with Gasteiger partial charge in [-0.2, -0.15) is 0 Å². The van der Waals surface area contributed by atoms with Gasteiger partial charge in [-0.1, -0.05) is 133 Å². The van der Waals surface area contributed by atoms with Crippen molar-refractivity contribution in [3.05, 3.63) is 176 Å². The van der Waals surface area contributed by atoms with E-state index in [4.69, 9.17) is 4.74 Å². The number of para-hydroxylation sites is 3. The molecule has 1 N–H and O–H groups in total. The van der Waals surface area contributed by atoms with Crippen molar-refractivity contribution in [2.24, 2.45) is 0 Å². The zero-order chi connectivity index (χ0) is 33.0. The molecule has 234 valence electrons. The minimum atomic E-state index is 0.791. The molecule has 0 unspecified atom stereocenters. The molecule has 4 heteroatoms. The molecule has 0 bridgehead atoms. The smallest absolute Gasteiger partial charge is 0.198 e. The monoisotopic (exact) mass is 638 g/mol. The molecule has 0 radical (unpaired) electrons. The Labute approximate surface area is 292 Å². The molecule has 0 saturated carbocycles. The van der Waals surface area contributed by atoms with Crippen molar-refractivity contribution < 1.29 is 4.74 Å². The van der Waals surface area contributed by atoms with Crippen LogP contribution < -0.4 is 25.9 Å². The van der Waals surface area contributed by atoms with Crippen LogP contribution in [0.2, 0.25) is 0 Å². The molecule has 2 aliphatic rings. The maximum absolute atomic E-state index is 6.50. The topological polar surface area (TPSA) is 24.5 Å². The molecule has 50 heavy (non-hydrogen) atoms. The maximum atomic E-state index is 6.50. The summed E-state index contributed by atoms with van der Waals surface area (Å²) in [5.41, 5.74) is 15.2. The van der Waals surface area contributed by atoms with Crippen molar-refractivity contribution in [2.75, 3.05) is 10.2 Å². The molecule has 2 heterocycles. The van der Waals surface area contributed by atoms with Gasteiger partial charge in [-0.25, -0.2) is 0 Å². The second-order valence-corrected chi connectivity index (χ2v) is 13.0. The number of benzene rings is 8. The van der Waals surface area contributed by atoms with Crippen LogP contribution in [0.3, 0.4) is 0 Å². The molecule has 8 aromatic carbocycles. The number of rotatable bonds is 5. The van der Waals surface area contributed by atoms with E-state index < -0.39 is 0 Å². The van der Waals surface area contributed by atoms with E-state index in [1.54, 1.807) is 0 Å². The average molecular weight is 639 g/mol. The Kier molecular flexibility index (Phi) is 6.60. The molecule has 0 amide bonds. The summed E-state index contributed by atoms with van der Waals surface area (Å²) in [5.74, 6) is 1.76. The van der Waals surface area contributed by atoms with Gasteiger partial charge in [-0.05, 0) is 92.6 Å². The van der Waals surface area contributed by atoms with Gasteiger partial charge >= 0.3 is 0 Å². The summed E-state index contributed by atoms with van der Waals surface area (Å²) < 4.78 is 6.50. The van der Waals surface area contributed by atoms with Crippen LogP contribution in [-0.4, -0.2) is 7.28 Å². The lowest BCUT2D eigenvalue weighted by Crippen LogP contribution is -2.42. The summed E-state index contributed by atoms with van der Waals surface area (Å²) in [5, 5.41) is 6.28. The van der Waals surface area contributed by atoms with Crippen LogP contribution in [0.1, 0.15) is 0 Å². The van der Waals surface area contributed by atoms with Gasteiger partial charge in [-0.3, -0.25) is 0 Å². The van der Waals surface area contributed by atoms with Gasteiger partial charge in [0.1, 0.15) is 0 Å². The van der Waals surface area contributed by atoms with Crippen molar-refractivity contribution in [3.8, 4) is 44.9 Å². The van der Waals surface area contributed by atoms with Crippen LogP contribution in [0.5, 0.6) is 11.5 Å². The number of nitrogens with zero attached hydrogens (tertiary/aromatic N) is 1. The lowest BCUT2D eigenvalue weighted by atomic mass is 9.57. The molecular formula is C46H31BN2O. The summed E-state index contributed by atoms with van der Waals surface area (Å²) in [4.78, 5) is 2.43. The zero-order valence-electron chi connectivity index (χ0n) is 27.3. The third kappa shape index (κ3) is 4.68. The summed E-state index contributed by atoms with van der Waals surface area (Å²) in [7, 11) is 0.791. The molecule has 0 saturated heterocycles. The minimum absolute atomic E-state index is 0.791. The largest absolute Gasteiger partial charge is 0.453 e. The van der Waals surface area contributed by atoms with Crippen LogP contribution >= 0.6 is 0 Å². The predicted molar refractivity (Wildman–Crippen MR) is 211 cm³/mol. The van der Waals surface area contributed by atoms with Crippen LogP contribution in [-0.2, 0) is 0 Å². The second kappa shape index (κ2) is 11.6. The summed E-state index contributed by atoms with van der Waals surface area (Å²) in [6.07, 6.45) is 0. The molecule has 3 nitrogen and oxygen atoms in total. The fraction of sp³-hybridized carbons (Fsp3) is 0. The maximum Gasteiger partial charge on any atom is 0.198 e. The third-order valence-corrected chi connectivity index (χ3v) is 10.0. The molecular weight excluding hydrogens is 607 g/mol. The Morgan fingerprint density at radius 3 is 2.00 bits per heavy atom. The van der Waals surface area contributed by atoms with Gasteiger partial charge in [0.2, 0.25) is 0 Å². The van der Waals surface area contributed by atoms with E-state index in [0.717, 1.165) is 41.5 Å². The minimum Gasteiger partial charge on any atom is -0.453 e. The number of ether oxygens (including phenoxy) is 1. The number of hydrogen-bond acceptors (Lipinski definition) is 3. The Morgan fingerprint density at radius 2 is 1.18 bits per heavy atom. The van der Waals surface area contributed by atoms with Crippen LogP contribution in [0, 0.1) is 0 Å². The number of hydrogen-bond donors (Lipinski definition) is 1. The van der Waals surface area contributed by atoms with E-state index in [9.17, 15) is 0 Å². The first-order valence-corrected chi connectivity index (χ1v) is 17.1. The van der Waals surface area contributed by atoms with Crippen molar-refractivity contribution in [3.63, 3.8) is 0 Å². The van der Waals surface area contributed by atoms with Gasteiger partial charge in [0, 0.05) is 22.6 Å².